The molecule has 0 N–H and O–H groups in total. The second kappa shape index (κ2) is 9.49. The van der Waals surface area contributed by atoms with E-state index in [0.29, 0.717) is 6.54 Å². The Morgan fingerprint density at radius 2 is 1.69 bits per heavy atom. The van der Waals surface area contributed by atoms with Crippen LogP contribution in [0.15, 0.2) is 30.3 Å². The Morgan fingerprint density at radius 1 is 1.04 bits per heavy atom. The Bertz CT molecular complexity index is 548. The highest BCUT2D eigenvalue weighted by Gasteiger charge is 2.25. The molecular formula is C21H34N4O. The first kappa shape index (κ1) is 19.3. The molecule has 0 unspecified atom stereocenters. The van der Waals surface area contributed by atoms with E-state index < -0.39 is 0 Å². The first-order valence-corrected chi connectivity index (χ1v) is 10.0. The molecule has 5 heteroatoms. The summed E-state index contributed by atoms with van der Waals surface area (Å²) < 4.78 is 0. The number of rotatable bonds is 6. The Morgan fingerprint density at radius 3 is 2.35 bits per heavy atom. The molecular weight excluding hydrogens is 324 g/mol. The fraction of sp³-hybridized carbons (Fsp3) is 0.667. The summed E-state index contributed by atoms with van der Waals surface area (Å²) in [6, 6.07) is 10.4. The molecule has 144 valence electrons. The first-order valence-electron chi connectivity index (χ1n) is 10.0. The van der Waals surface area contributed by atoms with Crippen LogP contribution >= 0.6 is 0 Å². The monoisotopic (exact) mass is 358 g/mol. The lowest BCUT2D eigenvalue weighted by atomic mass is 9.96. The molecule has 0 atom stereocenters. The van der Waals surface area contributed by atoms with Gasteiger partial charge in [-0.25, -0.2) is 0 Å². The van der Waals surface area contributed by atoms with Crippen molar-refractivity contribution in [3.63, 3.8) is 0 Å². The predicted octanol–water partition coefficient (Wildman–Crippen LogP) is 1.60. The number of carbonyl (C=O) groups is 1. The van der Waals surface area contributed by atoms with E-state index >= 15 is 0 Å². The highest BCUT2D eigenvalue weighted by Crippen LogP contribution is 2.18. The zero-order valence-electron chi connectivity index (χ0n) is 16.4. The van der Waals surface area contributed by atoms with Crippen LogP contribution in [0, 0.1) is 5.92 Å². The Balaban J connectivity index is 1.36. The van der Waals surface area contributed by atoms with E-state index in [1.165, 1.54) is 38.0 Å². The summed E-state index contributed by atoms with van der Waals surface area (Å²) in [6.45, 7) is 8.82. The highest BCUT2D eigenvalue weighted by atomic mass is 16.2. The maximum Gasteiger partial charge on any atom is 0.236 e. The van der Waals surface area contributed by atoms with Crippen LogP contribution in [0.2, 0.25) is 0 Å². The number of piperazine rings is 1. The van der Waals surface area contributed by atoms with Gasteiger partial charge in [-0.3, -0.25) is 14.6 Å². The van der Waals surface area contributed by atoms with Gasteiger partial charge < -0.3 is 9.80 Å². The van der Waals surface area contributed by atoms with Crippen molar-refractivity contribution in [2.75, 3.05) is 66.5 Å². The van der Waals surface area contributed by atoms with Gasteiger partial charge in [-0.05, 0) is 51.5 Å². The van der Waals surface area contributed by atoms with Gasteiger partial charge in [0.15, 0.2) is 0 Å². The quantitative estimate of drug-likeness (QED) is 0.773. The van der Waals surface area contributed by atoms with E-state index in [-0.39, 0.29) is 5.91 Å². The van der Waals surface area contributed by atoms with Crippen LogP contribution in [-0.2, 0) is 11.3 Å². The molecule has 0 radical (unpaired) electrons. The van der Waals surface area contributed by atoms with E-state index in [1.807, 2.05) is 18.0 Å². The molecule has 2 fully saturated rings. The minimum atomic E-state index is 0.266. The standard InChI is InChI=1S/C21H34N4O/c1-22-10-8-20(9-11-22)17-24-12-14-25(15-13-24)21(26)18-23(2)16-19-6-4-3-5-7-19/h3-7,20H,8-18H2,1-2H3. The summed E-state index contributed by atoms with van der Waals surface area (Å²) in [5.41, 5.74) is 1.26. The number of hydrogen-bond donors (Lipinski definition) is 0. The summed E-state index contributed by atoms with van der Waals surface area (Å²) in [5, 5.41) is 0. The maximum absolute atomic E-state index is 12.6. The van der Waals surface area contributed by atoms with Gasteiger partial charge in [0.1, 0.15) is 0 Å². The Hall–Kier alpha value is -1.43. The summed E-state index contributed by atoms with van der Waals surface area (Å²) in [5.74, 6) is 1.10. The van der Waals surface area contributed by atoms with Crippen LogP contribution in [-0.4, -0.2) is 92.0 Å². The smallest absolute Gasteiger partial charge is 0.236 e. The van der Waals surface area contributed by atoms with Crippen molar-refractivity contribution in [2.45, 2.75) is 19.4 Å². The topological polar surface area (TPSA) is 30.0 Å². The van der Waals surface area contributed by atoms with Gasteiger partial charge >= 0.3 is 0 Å². The van der Waals surface area contributed by atoms with Crippen LogP contribution < -0.4 is 0 Å². The molecule has 26 heavy (non-hydrogen) atoms. The first-order chi connectivity index (χ1) is 12.6. The van der Waals surface area contributed by atoms with E-state index in [9.17, 15) is 4.79 Å². The van der Waals surface area contributed by atoms with E-state index in [1.54, 1.807) is 0 Å². The zero-order valence-corrected chi connectivity index (χ0v) is 16.4. The molecule has 0 spiro atoms. The van der Waals surface area contributed by atoms with E-state index in [2.05, 4.69) is 46.0 Å². The zero-order chi connectivity index (χ0) is 18.4. The molecule has 1 amide bonds. The second-order valence-corrected chi connectivity index (χ2v) is 8.09. The number of piperidine rings is 1. The molecule has 1 aromatic rings. The summed E-state index contributed by atoms with van der Waals surface area (Å²) in [4.78, 5) is 21.7. The average Bonchev–Trinajstić information content (AvgIpc) is 2.65. The molecule has 2 saturated heterocycles. The lowest BCUT2D eigenvalue weighted by Gasteiger charge is -2.38. The molecule has 0 aromatic heterocycles. The predicted molar refractivity (Wildman–Crippen MR) is 106 cm³/mol. The Kier molecular flexibility index (Phi) is 7.06. The molecule has 1 aromatic carbocycles. The number of hydrogen-bond acceptors (Lipinski definition) is 4. The molecule has 0 saturated carbocycles. The summed E-state index contributed by atoms with van der Waals surface area (Å²) in [6.07, 6.45) is 2.64. The fourth-order valence-electron chi connectivity index (χ4n) is 4.07. The van der Waals surface area contributed by atoms with E-state index in [4.69, 9.17) is 0 Å². The number of benzene rings is 1. The van der Waals surface area contributed by atoms with Gasteiger partial charge in [-0.15, -0.1) is 0 Å². The van der Waals surface area contributed by atoms with Crippen LogP contribution in [0.1, 0.15) is 18.4 Å². The van der Waals surface area contributed by atoms with Crippen LogP contribution in [0.5, 0.6) is 0 Å². The third kappa shape index (κ3) is 5.79. The van der Waals surface area contributed by atoms with Crippen molar-refractivity contribution in [2.24, 2.45) is 5.92 Å². The number of likely N-dealkylation sites (N-methyl/N-ethyl adjacent to an activating group) is 1. The van der Waals surface area contributed by atoms with Gasteiger partial charge in [0.05, 0.1) is 6.54 Å². The fourth-order valence-corrected chi connectivity index (χ4v) is 4.07. The van der Waals surface area contributed by atoms with Crippen molar-refractivity contribution in [1.29, 1.82) is 0 Å². The van der Waals surface area contributed by atoms with Gasteiger partial charge in [0.25, 0.3) is 0 Å². The van der Waals surface area contributed by atoms with Gasteiger partial charge in [0, 0.05) is 39.3 Å². The summed E-state index contributed by atoms with van der Waals surface area (Å²) in [7, 11) is 4.25. The van der Waals surface area contributed by atoms with Crippen LogP contribution in [0.3, 0.4) is 0 Å². The minimum Gasteiger partial charge on any atom is -0.339 e. The normalized spacial score (nSPS) is 20.7. The van der Waals surface area contributed by atoms with Crippen molar-refractivity contribution < 1.29 is 4.79 Å². The van der Waals surface area contributed by atoms with Gasteiger partial charge in [0.2, 0.25) is 5.91 Å². The number of likely N-dealkylation sites (tertiary alicyclic amines) is 1. The minimum absolute atomic E-state index is 0.266. The molecule has 3 rings (SSSR count). The SMILES string of the molecule is CN1CCC(CN2CCN(C(=O)CN(C)Cc3ccccc3)CC2)CC1. The molecule has 2 aliphatic rings. The lowest BCUT2D eigenvalue weighted by molar-refractivity contribution is -0.134. The molecule has 0 bridgehead atoms. The van der Waals surface area contributed by atoms with Crippen LogP contribution in [0.4, 0.5) is 0 Å². The Labute approximate surface area is 158 Å². The molecule has 2 aliphatic heterocycles. The second-order valence-electron chi connectivity index (χ2n) is 8.09. The molecule has 2 heterocycles. The van der Waals surface area contributed by atoms with Crippen LogP contribution in [0.25, 0.3) is 0 Å². The summed E-state index contributed by atoms with van der Waals surface area (Å²) >= 11 is 0. The van der Waals surface area contributed by atoms with Crippen molar-refractivity contribution >= 4 is 5.91 Å². The largest absolute Gasteiger partial charge is 0.339 e. The maximum atomic E-state index is 12.6. The molecule has 5 nitrogen and oxygen atoms in total. The van der Waals surface area contributed by atoms with Crippen molar-refractivity contribution in [3.8, 4) is 0 Å². The lowest BCUT2D eigenvalue weighted by Crippen LogP contribution is -2.52. The van der Waals surface area contributed by atoms with E-state index in [0.717, 1.165) is 38.6 Å². The number of carbonyl (C=O) groups excluding carboxylic acids is 1. The third-order valence-corrected chi connectivity index (χ3v) is 5.78. The van der Waals surface area contributed by atoms with Gasteiger partial charge in [-0.1, -0.05) is 30.3 Å². The number of nitrogens with zero attached hydrogens (tertiary/aromatic N) is 4. The number of amides is 1. The third-order valence-electron chi connectivity index (χ3n) is 5.78. The van der Waals surface area contributed by atoms with Crippen molar-refractivity contribution in [1.82, 2.24) is 19.6 Å². The molecule has 0 aliphatic carbocycles. The van der Waals surface area contributed by atoms with Crippen molar-refractivity contribution in [3.05, 3.63) is 35.9 Å². The highest BCUT2D eigenvalue weighted by molar-refractivity contribution is 5.78. The average molecular weight is 359 g/mol. The van der Waals surface area contributed by atoms with Gasteiger partial charge in [-0.2, -0.15) is 0 Å².